The van der Waals surface area contributed by atoms with Gasteiger partial charge in [0.1, 0.15) is 11.4 Å². The van der Waals surface area contributed by atoms with Crippen LogP contribution in [-0.4, -0.2) is 31.3 Å². The number of ether oxygens (including phenoxy) is 2. The predicted octanol–water partition coefficient (Wildman–Crippen LogP) is 2.83. The molecule has 0 atom stereocenters. The molecule has 2 rings (SSSR count). The van der Waals surface area contributed by atoms with Crippen LogP contribution in [0.4, 0.5) is 11.4 Å². The molecule has 0 spiro atoms. The molecule has 20 heavy (non-hydrogen) atoms. The molecule has 1 saturated heterocycles. The smallest absolute Gasteiger partial charge is 0.296 e. The van der Waals surface area contributed by atoms with Crippen LogP contribution in [-0.2, 0) is 4.74 Å². The van der Waals surface area contributed by atoms with Crippen molar-refractivity contribution in [3.05, 3.63) is 28.3 Å². The van der Waals surface area contributed by atoms with E-state index in [4.69, 9.17) is 9.47 Å². The average molecular weight is 280 g/mol. The molecule has 0 amide bonds. The van der Waals surface area contributed by atoms with Gasteiger partial charge in [0.25, 0.3) is 5.69 Å². The molecule has 0 radical (unpaired) electrons. The Morgan fingerprint density at radius 1 is 1.45 bits per heavy atom. The highest BCUT2D eigenvalue weighted by Crippen LogP contribution is 2.29. The molecule has 0 aromatic heterocycles. The number of hydrogen-bond donors (Lipinski definition) is 1. The molecule has 1 aromatic rings. The van der Waals surface area contributed by atoms with Crippen LogP contribution in [0.5, 0.6) is 5.75 Å². The highest BCUT2D eigenvalue weighted by Gasteiger charge is 2.18. The Bertz CT molecular complexity index is 458. The molecule has 0 bridgehead atoms. The van der Waals surface area contributed by atoms with E-state index in [0.717, 1.165) is 32.6 Å². The molecule has 1 N–H and O–H groups in total. The fourth-order valence-corrected chi connectivity index (χ4v) is 2.27. The summed E-state index contributed by atoms with van der Waals surface area (Å²) in [4.78, 5) is 10.7. The van der Waals surface area contributed by atoms with Crippen LogP contribution < -0.4 is 10.1 Å². The first kappa shape index (κ1) is 14.6. The first-order valence-electron chi connectivity index (χ1n) is 6.93. The molecule has 0 aliphatic carbocycles. The summed E-state index contributed by atoms with van der Waals surface area (Å²) in [6, 6.07) is 4.93. The second kappa shape index (κ2) is 7.09. The van der Waals surface area contributed by atoms with Crippen molar-refractivity contribution in [3.63, 3.8) is 0 Å². The van der Waals surface area contributed by atoms with Gasteiger partial charge in [-0.2, -0.15) is 0 Å². The zero-order valence-electron chi connectivity index (χ0n) is 11.6. The fraction of sp³-hybridized carbons (Fsp3) is 0.571. The normalized spacial score (nSPS) is 15.8. The number of hydrogen-bond acceptors (Lipinski definition) is 5. The molecule has 6 nitrogen and oxygen atoms in total. The van der Waals surface area contributed by atoms with Crippen molar-refractivity contribution in [2.24, 2.45) is 5.92 Å². The Morgan fingerprint density at radius 3 is 2.85 bits per heavy atom. The van der Waals surface area contributed by atoms with Crippen molar-refractivity contribution in [1.82, 2.24) is 0 Å². The van der Waals surface area contributed by atoms with Crippen LogP contribution in [0.15, 0.2) is 18.2 Å². The lowest BCUT2D eigenvalue weighted by molar-refractivity contribution is -0.384. The highest BCUT2D eigenvalue weighted by molar-refractivity contribution is 5.63. The minimum atomic E-state index is -0.380. The van der Waals surface area contributed by atoms with Gasteiger partial charge in [0.15, 0.2) is 0 Å². The van der Waals surface area contributed by atoms with Gasteiger partial charge in [-0.25, -0.2) is 0 Å². The summed E-state index contributed by atoms with van der Waals surface area (Å²) in [6.45, 7) is 4.63. The number of nitro groups is 1. The summed E-state index contributed by atoms with van der Waals surface area (Å²) in [7, 11) is 0. The lowest BCUT2D eigenvalue weighted by Crippen LogP contribution is -2.22. The number of benzene rings is 1. The number of nitrogens with one attached hydrogen (secondary N) is 1. The maximum Gasteiger partial charge on any atom is 0.296 e. The van der Waals surface area contributed by atoms with Gasteiger partial charge in [-0.05, 0) is 37.8 Å². The zero-order valence-corrected chi connectivity index (χ0v) is 11.6. The summed E-state index contributed by atoms with van der Waals surface area (Å²) in [5.41, 5.74) is 0.605. The van der Waals surface area contributed by atoms with Crippen LogP contribution >= 0.6 is 0 Å². The van der Waals surface area contributed by atoms with Gasteiger partial charge >= 0.3 is 0 Å². The first-order valence-corrected chi connectivity index (χ1v) is 6.93. The van der Waals surface area contributed by atoms with Crippen LogP contribution in [0.1, 0.15) is 19.8 Å². The number of anilines is 1. The van der Waals surface area contributed by atoms with Gasteiger partial charge in [-0.15, -0.1) is 0 Å². The molecule has 1 fully saturated rings. The van der Waals surface area contributed by atoms with Crippen molar-refractivity contribution < 1.29 is 14.4 Å². The van der Waals surface area contributed by atoms with E-state index < -0.39 is 0 Å². The third-order valence-electron chi connectivity index (χ3n) is 3.40. The van der Waals surface area contributed by atoms with Crippen molar-refractivity contribution in [2.75, 3.05) is 31.7 Å². The number of rotatable bonds is 6. The average Bonchev–Trinajstić information content (AvgIpc) is 2.47. The number of nitrogens with zero attached hydrogens (tertiary/aromatic N) is 1. The summed E-state index contributed by atoms with van der Waals surface area (Å²) >= 11 is 0. The largest absolute Gasteiger partial charge is 0.494 e. The quantitative estimate of drug-likeness (QED) is 0.640. The van der Waals surface area contributed by atoms with Crippen molar-refractivity contribution in [3.8, 4) is 5.75 Å². The molecule has 0 unspecified atom stereocenters. The summed E-state index contributed by atoms with van der Waals surface area (Å²) in [5.74, 6) is 1.03. The molecule has 1 heterocycles. The predicted molar refractivity (Wildman–Crippen MR) is 76.3 cm³/mol. The summed E-state index contributed by atoms with van der Waals surface area (Å²) in [5, 5.41) is 14.3. The fourth-order valence-electron chi connectivity index (χ4n) is 2.27. The molecule has 6 heteroatoms. The van der Waals surface area contributed by atoms with Crippen molar-refractivity contribution >= 4 is 11.4 Å². The third-order valence-corrected chi connectivity index (χ3v) is 3.40. The van der Waals surface area contributed by atoms with Gasteiger partial charge in [0.05, 0.1) is 17.6 Å². The Labute approximate surface area is 118 Å². The second-order valence-corrected chi connectivity index (χ2v) is 4.81. The Balaban J connectivity index is 2.03. The van der Waals surface area contributed by atoms with Gasteiger partial charge in [-0.1, -0.05) is 0 Å². The monoisotopic (exact) mass is 280 g/mol. The first-order chi connectivity index (χ1) is 9.70. The van der Waals surface area contributed by atoms with Gasteiger partial charge in [-0.3, -0.25) is 10.1 Å². The summed E-state index contributed by atoms with van der Waals surface area (Å²) in [6.07, 6.45) is 2.00. The van der Waals surface area contributed by atoms with Crippen LogP contribution in [0, 0.1) is 16.0 Å². The van der Waals surface area contributed by atoms with Gasteiger partial charge in [0, 0.05) is 19.8 Å². The van der Waals surface area contributed by atoms with Crippen molar-refractivity contribution in [1.29, 1.82) is 0 Å². The van der Waals surface area contributed by atoms with Gasteiger partial charge in [0.2, 0.25) is 0 Å². The van der Waals surface area contributed by atoms with Crippen LogP contribution in [0.2, 0.25) is 0 Å². The van der Waals surface area contributed by atoms with E-state index in [2.05, 4.69) is 5.32 Å². The number of nitro benzene ring substituents is 1. The van der Waals surface area contributed by atoms with Crippen molar-refractivity contribution in [2.45, 2.75) is 19.8 Å². The third kappa shape index (κ3) is 3.84. The van der Waals surface area contributed by atoms with Crippen LogP contribution in [0.25, 0.3) is 0 Å². The molecular weight excluding hydrogens is 260 g/mol. The van der Waals surface area contributed by atoms with E-state index in [1.807, 2.05) is 6.92 Å². The lowest BCUT2D eigenvalue weighted by atomic mass is 10.0. The molecule has 1 aromatic carbocycles. The Morgan fingerprint density at radius 2 is 2.20 bits per heavy atom. The molecule has 110 valence electrons. The molecule has 1 aliphatic rings. The highest BCUT2D eigenvalue weighted by atomic mass is 16.6. The molecule has 0 saturated carbocycles. The maximum atomic E-state index is 11.1. The summed E-state index contributed by atoms with van der Waals surface area (Å²) < 4.78 is 10.6. The minimum Gasteiger partial charge on any atom is -0.494 e. The standard InChI is InChI=1S/C14H20N2O4/c1-2-20-12-3-4-13(14(9-12)16(17)18)15-10-11-5-7-19-8-6-11/h3-4,9,11,15H,2,5-8,10H2,1H3. The maximum absolute atomic E-state index is 11.1. The van der Waals surface area contributed by atoms with E-state index in [1.165, 1.54) is 6.07 Å². The minimum absolute atomic E-state index is 0.0583. The molecular formula is C14H20N2O4. The second-order valence-electron chi connectivity index (χ2n) is 4.81. The van der Waals surface area contributed by atoms with E-state index in [0.29, 0.717) is 24.0 Å². The van der Waals surface area contributed by atoms with E-state index in [1.54, 1.807) is 12.1 Å². The Hall–Kier alpha value is -1.82. The van der Waals surface area contributed by atoms with Gasteiger partial charge < -0.3 is 14.8 Å². The van der Waals surface area contributed by atoms with E-state index in [9.17, 15) is 10.1 Å². The Kier molecular flexibility index (Phi) is 5.17. The SMILES string of the molecule is CCOc1ccc(NCC2CCOCC2)c([N+](=O)[O-])c1. The lowest BCUT2D eigenvalue weighted by Gasteiger charge is -2.22. The topological polar surface area (TPSA) is 73.6 Å². The van der Waals surface area contributed by atoms with E-state index in [-0.39, 0.29) is 10.6 Å². The van der Waals surface area contributed by atoms with Crippen LogP contribution in [0.3, 0.4) is 0 Å². The molecule has 1 aliphatic heterocycles. The van der Waals surface area contributed by atoms with E-state index >= 15 is 0 Å². The zero-order chi connectivity index (χ0) is 14.4.